The number of aliphatic hydroxyl groups is 1. The Morgan fingerprint density at radius 3 is 2.00 bits per heavy atom. The van der Waals surface area contributed by atoms with E-state index in [0.717, 1.165) is 12.0 Å². The van der Waals surface area contributed by atoms with E-state index in [-0.39, 0.29) is 11.5 Å². The van der Waals surface area contributed by atoms with Crippen molar-refractivity contribution in [2.24, 2.45) is 0 Å². The van der Waals surface area contributed by atoms with Crippen molar-refractivity contribution in [3.05, 3.63) is 52.6 Å². The maximum Gasteiger partial charge on any atom is 0.127 e. The van der Waals surface area contributed by atoms with E-state index in [2.05, 4.69) is 6.92 Å². The van der Waals surface area contributed by atoms with E-state index < -0.39 is 5.60 Å². The third kappa shape index (κ3) is 3.62. The number of hydrogen-bond donors (Lipinski definition) is 3. The first-order valence-corrected chi connectivity index (χ1v) is 8.21. The molecule has 0 aromatic heterocycles. The maximum atomic E-state index is 10.7. The van der Waals surface area contributed by atoms with Crippen LogP contribution in [0.25, 0.3) is 17.2 Å². The Morgan fingerprint density at radius 1 is 0.958 bits per heavy atom. The van der Waals surface area contributed by atoms with E-state index in [1.54, 1.807) is 39.8 Å². The summed E-state index contributed by atoms with van der Waals surface area (Å²) in [6.07, 6.45) is 4.22. The lowest BCUT2D eigenvalue weighted by atomic mass is 9.90. The highest BCUT2D eigenvalue weighted by atomic mass is 16.3. The van der Waals surface area contributed by atoms with Crippen molar-refractivity contribution in [1.82, 2.24) is 0 Å². The molecule has 0 heterocycles. The summed E-state index contributed by atoms with van der Waals surface area (Å²) < 4.78 is 0. The fourth-order valence-electron chi connectivity index (χ4n) is 2.64. The van der Waals surface area contributed by atoms with Crippen molar-refractivity contribution in [3.8, 4) is 22.6 Å². The lowest BCUT2D eigenvalue weighted by Gasteiger charge is -2.18. The van der Waals surface area contributed by atoms with Crippen LogP contribution < -0.4 is 0 Å². The molecule has 0 atom stereocenters. The first kappa shape index (κ1) is 18.1. The second-order valence-corrected chi connectivity index (χ2v) is 6.77. The van der Waals surface area contributed by atoms with Gasteiger partial charge in [-0.2, -0.15) is 0 Å². The zero-order valence-electron chi connectivity index (χ0n) is 15.0. The van der Waals surface area contributed by atoms with Gasteiger partial charge in [-0.3, -0.25) is 0 Å². The van der Waals surface area contributed by atoms with Gasteiger partial charge in [0.05, 0.1) is 5.60 Å². The summed E-state index contributed by atoms with van der Waals surface area (Å²) in [7, 11) is 0. The quantitative estimate of drug-likeness (QED) is 0.712. The summed E-state index contributed by atoms with van der Waals surface area (Å²) in [4.78, 5) is 0. The third-order valence-corrected chi connectivity index (χ3v) is 4.34. The van der Waals surface area contributed by atoms with Crippen LogP contribution in [0.15, 0.2) is 30.3 Å². The van der Waals surface area contributed by atoms with Gasteiger partial charge in [-0.15, -0.1) is 0 Å². The van der Waals surface area contributed by atoms with Crippen molar-refractivity contribution >= 4 is 6.08 Å². The van der Waals surface area contributed by atoms with Crippen LogP contribution in [-0.2, 0) is 6.42 Å². The van der Waals surface area contributed by atoms with Crippen LogP contribution in [0.3, 0.4) is 0 Å². The number of rotatable bonds is 4. The van der Waals surface area contributed by atoms with Crippen LogP contribution in [0, 0.1) is 13.8 Å². The first-order chi connectivity index (χ1) is 11.2. The molecule has 2 aromatic carbocycles. The summed E-state index contributed by atoms with van der Waals surface area (Å²) >= 11 is 0. The molecule has 3 nitrogen and oxygen atoms in total. The number of benzene rings is 2. The van der Waals surface area contributed by atoms with E-state index in [1.807, 2.05) is 24.3 Å². The average Bonchev–Trinajstić information content (AvgIpc) is 2.54. The maximum absolute atomic E-state index is 10.7. The van der Waals surface area contributed by atoms with E-state index in [9.17, 15) is 15.3 Å². The second-order valence-electron chi connectivity index (χ2n) is 6.77. The second kappa shape index (κ2) is 6.70. The molecule has 0 aliphatic rings. The number of hydrogen-bond acceptors (Lipinski definition) is 3. The third-order valence-electron chi connectivity index (χ3n) is 4.34. The minimum atomic E-state index is -1.01. The first-order valence-electron chi connectivity index (χ1n) is 8.21. The SMILES string of the molecule is CCc1ccc(-c2c(O)c(C)c(C)c(O)c2C=CC(C)(C)O)cc1. The zero-order chi connectivity index (χ0) is 18.1. The molecule has 128 valence electrons. The lowest BCUT2D eigenvalue weighted by Crippen LogP contribution is -2.13. The lowest BCUT2D eigenvalue weighted by molar-refractivity contribution is 0.134. The summed E-state index contributed by atoms with van der Waals surface area (Å²) in [6, 6.07) is 7.93. The van der Waals surface area contributed by atoms with Crippen molar-refractivity contribution in [2.75, 3.05) is 0 Å². The minimum Gasteiger partial charge on any atom is -0.507 e. The van der Waals surface area contributed by atoms with Gasteiger partial charge in [0.15, 0.2) is 0 Å². The van der Waals surface area contributed by atoms with Crippen LogP contribution in [-0.4, -0.2) is 20.9 Å². The van der Waals surface area contributed by atoms with Crippen molar-refractivity contribution < 1.29 is 15.3 Å². The van der Waals surface area contributed by atoms with Crippen molar-refractivity contribution in [2.45, 2.75) is 46.6 Å². The Hall–Kier alpha value is -2.26. The van der Waals surface area contributed by atoms with Crippen molar-refractivity contribution in [1.29, 1.82) is 0 Å². The van der Waals surface area contributed by atoms with E-state index >= 15 is 0 Å². The molecule has 0 aliphatic carbocycles. The van der Waals surface area contributed by atoms with Crippen LogP contribution in [0.4, 0.5) is 0 Å². The monoisotopic (exact) mass is 326 g/mol. The number of aromatic hydroxyl groups is 2. The van der Waals surface area contributed by atoms with Gasteiger partial charge < -0.3 is 15.3 Å². The van der Waals surface area contributed by atoms with Gasteiger partial charge in [0.1, 0.15) is 11.5 Å². The fraction of sp³-hybridized carbons (Fsp3) is 0.333. The molecule has 0 bridgehead atoms. The molecule has 0 unspecified atom stereocenters. The van der Waals surface area contributed by atoms with Crippen LogP contribution in [0.2, 0.25) is 0 Å². The molecular formula is C21H26O3. The molecule has 0 fully saturated rings. The normalized spacial score (nSPS) is 12.1. The number of phenolic OH excluding ortho intramolecular Hbond substituents is 2. The van der Waals surface area contributed by atoms with Crippen LogP contribution in [0.1, 0.15) is 43.0 Å². The molecule has 0 radical (unpaired) electrons. The Morgan fingerprint density at radius 2 is 1.50 bits per heavy atom. The molecule has 0 saturated heterocycles. The highest BCUT2D eigenvalue weighted by Crippen LogP contribution is 2.43. The molecule has 2 rings (SSSR count). The molecule has 0 spiro atoms. The van der Waals surface area contributed by atoms with Gasteiger partial charge in [-0.1, -0.05) is 43.3 Å². The highest BCUT2D eigenvalue weighted by Gasteiger charge is 2.20. The smallest absolute Gasteiger partial charge is 0.127 e. The van der Waals surface area contributed by atoms with Crippen molar-refractivity contribution in [3.63, 3.8) is 0 Å². The molecule has 0 amide bonds. The molecule has 0 saturated carbocycles. The van der Waals surface area contributed by atoms with Crippen LogP contribution in [0.5, 0.6) is 11.5 Å². The van der Waals surface area contributed by atoms with Crippen LogP contribution >= 0.6 is 0 Å². The van der Waals surface area contributed by atoms with Gasteiger partial charge >= 0.3 is 0 Å². The Balaban J connectivity index is 2.74. The van der Waals surface area contributed by atoms with Gasteiger partial charge in [-0.25, -0.2) is 0 Å². The Kier molecular flexibility index (Phi) is 5.05. The molecule has 0 aliphatic heterocycles. The van der Waals surface area contributed by atoms with E-state index in [4.69, 9.17) is 0 Å². The van der Waals surface area contributed by atoms with E-state index in [1.165, 1.54) is 5.56 Å². The summed E-state index contributed by atoms with van der Waals surface area (Å²) in [6.45, 7) is 8.98. The molecule has 3 heteroatoms. The van der Waals surface area contributed by atoms with Gasteiger partial charge in [-0.05, 0) is 56.4 Å². The highest BCUT2D eigenvalue weighted by molar-refractivity contribution is 5.86. The van der Waals surface area contributed by atoms with Gasteiger partial charge in [0.25, 0.3) is 0 Å². The Labute approximate surface area is 143 Å². The number of aryl methyl sites for hydroxylation is 1. The number of phenols is 2. The molecule has 24 heavy (non-hydrogen) atoms. The summed E-state index contributed by atoms with van der Waals surface area (Å²) in [5.74, 6) is 0.283. The zero-order valence-corrected chi connectivity index (χ0v) is 15.0. The summed E-state index contributed by atoms with van der Waals surface area (Å²) in [5, 5.41) is 31.2. The largest absolute Gasteiger partial charge is 0.507 e. The molecule has 3 N–H and O–H groups in total. The topological polar surface area (TPSA) is 60.7 Å². The summed E-state index contributed by atoms with van der Waals surface area (Å²) in [5.41, 5.74) is 3.42. The van der Waals surface area contributed by atoms with E-state index in [0.29, 0.717) is 22.3 Å². The Bertz CT molecular complexity index is 763. The minimum absolute atomic E-state index is 0.125. The predicted octanol–water partition coefficient (Wildman–Crippen LogP) is 4.73. The van der Waals surface area contributed by atoms with Gasteiger partial charge in [0, 0.05) is 11.1 Å². The molecular weight excluding hydrogens is 300 g/mol. The molecule has 2 aromatic rings. The average molecular weight is 326 g/mol. The predicted molar refractivity (Wildman–Crippen MR) is 99.4 cm³/mol. The van der Waals surface area contributed by atoms with Gasteiger partial charge in [0.2, 0.25) is 0 Å². The standard InChI is InChI=1S/C21H26O3/c1-6-15-7-9-16(10-8-15)18-17(11-12-21(4,5)24)19(22)13(2)14(3)20(18)23/h7-12,22-24H,6H2,1-5H3. The fourth-order valence-corrected chi connectivity index (χ4v) is 2.64.